The first-order valence-electron chi connectivity index (χ1n) is 7.93. The summed E-state index contributed by atoms with van der Waals surface area (Å²) in [5, 5.41) is 7.34. The number of ether oxygens (including phenoxy) is 1. The molecule has 0 spiro atoms. The minimum absolute atomic E-state index is 0.0332. The molecular weight excluding hydrogens is 420 g/mol. The van der Waals surface area contributed by atoms with Crippen LogP contribution >= 0.6 is 27.3 Å². The second-order valence-electron chi connectivity index (χ2n) is 5.44. The Morgan fingerprint density at radius 3 is 2.54 bits per heavy atom. The first-order chi connectivity index (χ1) is 12.5. The minimum atomic E-state index is -0.490. The van der Waals surface area contributed by atoms with Crippen molar-refractivity contribution in [2.24, 2.45) is 0 Å². The average Bonchev–Trinajstić information content (AvgIpc) is 3.16. The number of nitrogens with one attached hydrogen (secondary N) is 2. The quantitative estimate of drug-likeness (QED) is 0.620. The van der Waals surface area contributed by atoms with Gasteiger partial charge in [-0.2, -0.15) is 0 Å². The third-order valence-electron chi connectivity index (χ3n) is 3.59. The van der Waals surface area contributed by atoms with Crippen molar-refractivity contribution in [2.45, 2.75) is 18.9 Å². The number of hydrogen-bond acceptors (Lipinski definition) is 5. The van der Waals surface area contributed by atoms with E-state index in [1.54, 1.807) is 12.1 Å². The van der Waals surface area contributed by atoms with E-state index in [1.807, 2.05) is 29.6 Å². The second-order valence-corrected chi connectivity index (χ2v) is 7.30. The molecule has 138 valence electrons. The number of thiophene rings is 1. The maximum atomic E-state index is 12.2. The smallest absolute Gasteiger partial charge is 0.307 e. The molecule has 0 aliphatic carbocycles. The Morgan fingerprint density at radius 2 is 1.92 bits per heavy atom. The van der Waals surface area contributed by atoms with Gasteiger partial charge < -0.3 is 15.4 Å². The van der Waals surface area contributed by atoms with Crippen molar-refractivity contribution < 1.29 is 19.1 Å². The van der Waals surface area contributed by atoms with Gasteiger partial charge in [0.15, 0.2) is 0 Å². The Bertz CT molecular complexity index is 747. The van der Waals surface area contributed by atoms with Crippen LogP contribution in [0.3, 0.4) is 0 Å². The summed E-state index contributed by atoms with van der Waals surface area (Å²) < 4.78 is 5.61. The summed E-state index contributed by atoms with van der Waals surface area (Å²) in [7, 11) is 1.31. The number of carbonyl (C=O) groups is 3. The van der Waals surface area contributed by atoms with E-state index in [2.05, 4.69) is 26.6 Å². The number of methoxy groups -OCH3 is 1. The molecule has 1 unspecified atom stereocenters. The van der Waals surface area contributed by atoms with Crippen molar-refractivity contribution in [1.29, 1.82) is 0 Å². The molecule has 0 aliphatic rings. The van der Waals surface area contributed by atoms with Crippen molar-refractivity contribution in [2.75, 3.05) is 13.7 Å². The molecule has 1 heterocycles. The Balaban J connectivity index is 1.89. The fraction of sp³-hybridized carbons (Fsp3) is 0.278. The molecule has 0 fully saturated rings. The number of benzene rings is 1. The Labute approximate surface area is 164 Å². The molecule has 0 saturated carbocycles. The molecule has 0 bridgehead atoms. The monoisotopic (exact) mass is 438 g/mol. The summed E-state index contributed by atoms with van der Waals surface area (Å²) in [5.41, 5.74) is 0.801. The maximum absolute atomic E-state index is 12.2. The summed E-state index contributed by atoms with van der Waals surface area (Å²) in [5.74, 6) is -0.871. The third-order valence-corrected chi connectivity index (χ3v) is 4.99. The lowest BCUT2D eigenvalue weighted by atomic mass is 10.0. The lowest BCUT2D eigenvalue weighted by Gasteiger charge is -2.18. The van der Waals surface area contributed by atoms with Gasteiger partial charge in [0, 0.05) is 17.4 Å². The first kappa shape index (κ1) is 20.1. The number of esters is 1. The van der Waals surface area contributed by atoms with Crippen LogP contribution in [-0.4, -0.2) is 31.4 Å². The van der Waals surface area contributed by atoms with Gasteiger partial charge in [-0.05, 0) is 29.1 Å². The molecule has 1 atom stereocenters. The van der Waals surface area contributed by atoms with E-state index in [0.29, 0.717) is 4.88 Å². The topological polar surface area (TPSA) is 84.5 Å². The molecule has 0 radical (unpaired) electrons. The number of amides is 2. The standard InChI is InChI=1S/C18H19BrN2O4S/c1-25-17(23)11-14(12-4-6-13(19)7-5-12)21-16(22)8-9-20-18(24)15-3-2-10-26-15/h2-7,10,14H,8-9,11H2,1H3,(H,20,24)(H,21,22). The lowest BCUT2D eigenvalue weighted by molar-refractivity contribution is -0.141. The van der Waals surface area contributed by atoms with Gasteiger partial charge in [-0.3, -0.25) is 14.4 Å². The molecule has 2 rings (SSSR count). The Morgan fingerprint density at radius 1 is 1.19 bits per heavy atom. The molecule has 1 aromatic heterocycles. The van der Waals surface area contributed by atoms with Crippen LogP contribution in [-0.2, 0) is 14.3 Å². The number of carbonyl (C=O) groups excluding carboxylic acids is 3. The zero-order chi connectivity index (χ0) is 18.9. The summed E-state index contributed by atoms with van der Waals surface area (Å²) in [4.78, 5) is 36.3. The maximum Gasteiger partial charge on any atom is 0.307 e. The molecule has 0 saturated heterocycles. The fourth-order valence-electron chi connectivity index (χ4n) is 2.25. The van der Waals surface area contributed by atoms with Crippen molar-refractivity contribution in [1.82, 2.24) is 10.6 Å². The van der Waals surface area contributed by atoms with Crippen LogP contribution in [0.5, 0.6) is 0 Å². The predicted molar refractivity (Wildman–Crippen MR) is 103 cm³/mol. The van der Waals surface area contributed by atoms with Crippen molar-refractivity contribution in [3.8, 4) is 0 Å². The van der Waals surface area contributed by atoms with Gasteiger partial charge in [0.05, 0.1) is 24.4 Å². The molecule has 6 nitrogen and oxygen atoms in total. The van der Waals surface area contributed by atoms with E-state index >= 15 is 0 Å². The van der Waals surface area contributed by atoms with Crippen LogP contribution in [0, 0.1) is 0 Å². The zero-order valence-corrected chi connectivity index (χ0v) is 16.6. The molecule has 1 aromatic carbocycles. The molecule has 26 heavy (non-hydrogen) atoms. The molecule has 0 aliphatic heterocycles. The lowest BCUT2D eigenvalue weighted by Crippen LogP contribution is -2.33. The highest BCUT2D eigenvalue weighted by molar-refractivity contribution is 9.10. The average molecular weight is 439 g/mol. The molecular formula is C18H19BrN2O4S. The largest absolute Gasteiger partial charge is 0.469 e. The van der Waals surface area contributed by atoms with E-state index < -0.39 is 12.0 Å². The van der Waals surface area contributed by atoms with E-state index in [4.69, 9.17) is 4.74 Å². The van der Waals surface area contributed by atoms with Gasteiger partial charge in [0.1, 0.15) is 0 Å². The van der Waals surface area contributed by atoms with Crippen molar-refractivity contribution in [3.05, 3.63) is 56.7 Å². The normalized spacial score (nSPS) is 11.5. The van der Waals surface area contributed by atoms with Gasteiger partial charge in [-0.25, -0.2) is 0 Å². The third kappa shape index (κ3) is 6.27. The van der Waals surface area contributed by atoms with Crippen molar-refractivity contribution in [3.63, 3.8) is 0 Å². The molecule has 2 aromatic rings. The summed E-state index contributed by atoms with van der Waals surface area (Å²) in [6, 6.07) is 10.4. The number of hydrogen-bond donors (Lipinski definition) is 2. The van der Waals surface area contributed by atoms with Crippen LogP contribution < -0.4 is 10.6 Å². The van der Waals surface area contributed by atoms with Gasteiger partial charge in [0.2, 0.25) is 5.91 Å². The van der Waals surface area contributed by atoms with Crippen LogP contribution in [0.1, 0.15) is 34.1 Å². The molecule has 2 N–H and O–H groups in total. The minimum Gasteiger partial charge on any atom is -0.469 e. The fourth-order valence-corrected chi connectivity index (χ4v) is 3.15. The van der Waals surface area contributed by atoms with Crippen LogP contribution in [0.2, 0.25) is 0 Å². The van der Waals surface area contributed by atoms with Crippen LogP contribution in [0.4, 0.5) is 0 Å². The van der Waals surface area contributed by atoms with Gasteiger partial charge >= 0.3 is 5.97 Å². The van der Waals surface area contributed by atoms with E-state index in [0.717, 1.165) is 10.0 Å². The summed E-state index contributed by atoms with van der Waals surface area (Å²) in [6.45, 7) is 0.216. The van der Waals surface area contributed by atoms with Gasteiger partial charge in [0.25, 0.3) is 5.91 Å². The number of rotatable bonds is 8. The predicted octanol–water partition coefficient (Wildman–Crippen LogP) is 3.05. The Kier molecular flexibility index (Phi) is 7.80. The van der Waals surface area contributed by atoms with E-state index in [-0.39, 0.29) is 31.2 Å². The SMILES string of the molecule is COC(=O)CC(NC(=O)CCNC(=O)c1cccs1)c1ccc(Br)cc1. The Hall–Kier alpha value is -2.19. The van der Waals surface area contributed by atoms with Crippen molar-refractivity contribution >= 4 is 45.1 Å². The number of halogens is 1. The molecule has 8 heteroatoms. The second kappa shape index (κ2) is 10.1. The summed E-state index contributed by atoms with van der Waals surface area (Å²) in [6.07, 6.45) is 0.150. The zero-order valence-electron chi connectivity index (χ0n) is 14.2. The van der Waals surface area contributed by atoms with E-state index in [1.165, 1.54) is 18.4 Å². The highest BCUT2D eigenvalue weighted by Crippen LogP contribution is 2.20. The first-order valence-corrected chi connectivity index (χ1v) is 9.60. The summed E-state index contributed by atoms with van der Waals surface area (Å²) >= 11 is 4.70. The van der Waals surface area contributed by atoms with Gasteiger partial charge in [-0.15, -0.1) is 11.3 Å². The van der Waals surface area contributed by atoms with Crippen LogP contribution in [0.25, 0.3) is 0 Å². The highest BCUT2D eigenvalue weighted by atomic mass is 79.9. The van der Waals surface area contributed by atoms with Gasteiger partial charge in [-0.1, -0.05) is 34.1 Å². The molecule has 2 amide bonds. The van der Waals surface area contributed by atoms with Crippen LogP contribution in [0.15, 0.2) is 46.3 Å². The highest BCUT2D eigenvalue weighted by Gasteiger charge is 2.19. The van der Waals surface area contributed by atoms with E-state index in [9.17, 15) is 14.4 Å².